The van der Waals surface area contributed by atoms with Crippen LogP contribution in [0.25, 0.3) is 10.9 Å². The summed E-state index contributed by atoms with van der Waals surface area (Å²) < 4.78 is 15.1. The Labute approximate surface area is 282 Å². The van der Waals surface area contributed by atoms with Gasteiger partial charge in [-0.05, 0) is 69.5 Å². The Morgan fingerprint density at radius 1 is 1.09 bits per heavy atom. The van der Waals surface area contributed by atoms with E-state index in [9.17, 15) is 5.26 Å². The highest BCUT2D eigenvalue weighted by atomic mass is 35.5. The van der Waals surface area contributed by atoms with Gasteiger partial charge in [-0.15, -0.1) is 5.53 Å². The molecule has 0 aliphatic carbocycles. The number of rotatable bonds is 7. The number of hydrogen-bond acceptors (Lipinski definition) is 9. The van der Waals surface area contributed by atoms with E-state index in [2.05, 4.69) is 74.5 Å². The highest BCUT2D eigenvalue weighted by Crippen LogP contribution is 2.39. The fraction of sp³-hybridized carbons (Fsp3) is 0.303. The van der Waals surface area contributed by atoms with Crippen LogP contribution < -0.4 is 21.6 Å². The van der Waals surface area contributed by atoms with Crippen LogP contribution >= 0.6 is 34.8 Å². The van der Waals surface area contributed by atoms with Crippen LogP contribution in [0.2, 0.25) is 15.1 Å². The quantitative estimate of drug-likeness (QED) is 0.145. The number of piperidine rings is 1. The molecule has 9 nitrogen and oxygen atoms in total. The number of nitrogens with one attached hydrogen (secondary N) is 4. The summed E-state index contributed by atoms with van der Waals surface area (Å²) in [5.41, 5.74) is 10.4. The van der Waals surface area contributed by atoms with Gasteiger partial charge in [0.15, 0.2) is 5.82 Å². The number of hydrogen-bond donors (Lipinski definition) is 4. The molecule has 1 saturated heterocycles. The summed E-state index contributed by atoms with van der Waals surface area (Å²) in [5, 5.41) is 19.4. The first-order chi connectivity index (χ1) is 22.0. The number of likely N-dealkylation sites (tertiary alicyclic amines) is 1. The SMILES string of the molecule is CC(C)(C)N1CCC(N2C=C([C@@H](Nc3cc(Cl)c4ncc(C#N)c(Nc5ccc(Cl)c(Cl)c5F)c4c3)c3cccnc3)NN2)CC1. The van der Waals surface area contributed by atoms with Crippen molar-refractivity contribution < 1.29 is 4.39 Å². The average Bonchev–Trinajstić information content (AvgIpc) is 3.54. The Hall–Kier alpha value is -3.85. The molecular weight excluding hydrogens is 648 g/mol. The number of fused-ring (bicyclic) bond motifs is 1. The summed E-state index contributed by atoms with van der Waals surface area (Å²) in [5.74, 6) is -0.736. The van der Waals surface area contributed by atoms with Crippen molar-refractivity contribution in [2.24, 2.45) is 0 Å². The van der Waals surface area contributed by atoms with Gasteiger partial charge in [0.05, 0.1) is 49.3 Å². The van der Waals surface area contributed by atoms with Gasteiger partial charge in [-0.3, -0.25) is 19.9 Å². The molecule has 1 fully saturated rings. The van der Waals surface area contributed by atoms with E-state index in [1.165, 1.54) is 18.3 Å². The van der Waals surface area contributed by atoms with Crippen molar-refractivity contribution in [3.05, 3.63) is 98.9 Å². The summed E-state index contributed by atoms with van der Waals surface area (Å²) in [7, 11) is 0. The second-order valence-corrected chi connectivity index (χ2v) is 13.5. The van der Waals surface area contributed by atoms with E-state index < -0.39 is 5.82 Å². The Morgan fingerprint density at radius 3 is 2.57 bits per heavy atom. The largest absolute Gasteiger partial charge is 0.373 e. The third kappa shape index (κ3) is 6.52. The third-order valence-corrected chi connectivity index (χ3v) is 9.46. The summed E-state index contributed by atoms with van der Waals surface area (Å²) >= 11 is 18.8. The number of halogens is 4. The van der Waals surface area contributed by atoms with Gasteiger partial charge in [-0.1, -0.05) is 40.9 Å². The predicted molar refractivity (Wildman–Crippen MR) is 182 cm³/mol. The number of pyridine rings is 2. The lowest BCUT2D eigenvalue weighted by Gasteiger charge is -2.42. The van der Waals surface area contributed by atoms with Gasteiger partial charge in [0, 0.05) is 60.5 Å². The maximum absolute atomic E-state index is 15.1. The van der Waals surface area contributed by atoms with Crippen molar-refractivity contribution in [2.45, 2.75) is 51.2 Å². The lowest BCUT2D eigenvalue weighted by molar-refractivity contribution is 0.0570. The van der Waals surface area contributed by atoms with Crippen LogP contribution in [0.5, 0.6) is 0 Å². The van der Waals surface area contributed by atoms with Gasteiger partial charge in [0.1, 0.15) is 6.07 Å². The molecule has 0 spiro atoms. The zero-order valence-electron chi connectivity index (χ0n) is 25.5. The summed E-state index contributed by atoms with van der Waals surface area (Å²) in [4.78, 5) is 11.3. The normalized spacial score (nSPS) is 16.6. The Kier molecular flexibility index (Phi) is 9.15. The molecule has 0 bridgehead atoms. The van der Waals surface area contributed by atoms with E-state index in [-0.39, 0.29) is 32.9 Å². The van der Waals surface area contributed by atoms with E-state index in [1.54, 1.807) is 12.3 Å². The zero-order chi connectivity index (χ0) is 32.6. The first kappa shape index (κ1) is 32.1. The first-order valence-corrected chi connectivity index (χ1v) is 16.0. The van der Waals surface area contributed by atoms with Crippen molar-refractivity contribution in [3.63, 3.8) is 0 Å². The molecule has 0 unspecified atom stereocenters. The molecule has 0 amide bonds. The van der Waals surface area contributed by atoms with Crippen molar-refractivity contribution in [1.82, 2.24) is 30.8 Å². The molecule has 13 heteroatoms. The van der Waals surface area contributed by atoms with E-state index in [1.807, 2.05) is 24.4 Å². The minimum atomic E-state index is -0.736. The molecule has 46 heavy (non-hydrogen) atoms. The van der Waals surface area contributed by atoms with Crippen molar-refractivity contribution in [2.75, 3.05) is 23.7 Å². The van der Waals surface area contributed by atoms with Crippen molar-refractivity contribution >= 4 is 62.8 Å². The van der Waals surface area contributed by atoms with Crippen LogP contribution in [0.3, 0.4) is 0 Å². The average molecular weight is 681 g/mol. The number of nitrogens with zero attached hydrogens (tertiary/aromatic N) is 5. The second kappa shape index (κ2) is 13.1. The molecule has 6 rings (SSSR count). The van der Waals surface area contributed by atoms with E-state index in [4.69, 9.17) is 34.8 Å². The summed E-state index contributed by atoms with van der Waals surface area (Å²) in [6.45, 7) is 8.82. The molecule has 4 aromatic rings. The van der Waals surface area contributed by atoms with Gasteiger partial charge in [0.2, 0.25) is 0 Å². The molecule has 1 atom stereocenters. The Balaban J connectivity index is 1.34. The maximum Gasteiger partial charge on any atom is 0.166 e. The number of benzene rings is 2. The predicted octanol–water partition coefficient (Wildman–Crippen LogP) is 7.93. The van der Waals surface area contributed by atoms with Gasteiger partial charge in [0.25, 0.3) is 0 Å². The molecule has 2 aromatic heterocycles. The van der Waals surface area contributed by atoms with Gasteiger partial charge in [-0.2, -0.15) is 5.26 Å². The standard InChI is InChI=1S/C33H33Cl3FN9/c1-33(2,3)45-11-8-22(9-12-45)46-18-27(43-44-46)31(19-5-4-10-39-16-19)41-21-13-23-30(20(15-38)17-40-32(23)25(35)14-21)42-26-7-6-24(34)28(36)29(26)37/h4-7,10,13-14,16-18,22,31,41,43-44H,8-9,11-12H2,1-3H3,(H,40,42)/t31-/m0/s1. The van der Waals surface area contributed by atoms with Crippen LogP contribution in [0.4, 0.5) is 21.5 Å². The van der Waals surface area contributed by atoms with E-state index in [0.29, 0.717) is 33.3 Å². The number of anilines is 3. The number of aromatic nitrogens is 2. The number of nitriles is 1. The van der Waals surface area contributed by atoms with Crippen LogP contribution in [-0.2, 0) is 0 Å². The maximum atomic E-state index is 15.1. The van der Waals surface area contributed by atoms with Gasteiger partial charge in [-0.25, -0.2) is 4.39 Å². The van der Waals surface area contributed by atoms with Crippen LogP contribution in [0.1, 0.15) is 50.8 Å². The fourth-order valence-electron chi connectivity index (χ4n) is 5.88. The minimum absolute atomic E-state index is 0.0564. The van der Waals surface area contributed by atoms with Gasteiger partial charge < -0.3 is 16.1 Å². The van der Waals surface area contributed by atoms with Crippen LogP contribution in [0, 0.1) is 17.1 Å². The van der Waals surface area contributed by atoms with Crippen molar-refractivity contribution in [3.8, 4) is 6.07 Å². The molecule has 0 radical (unpaired) electrons. The monoisotopic (exact) mass is 679 g/mol. The molecule has 4 heterocycles. The van der Waals surface area contributed by atoms with Crippen molar-refractivity contribution in [1.29, 1.82) is 5.26 Å². The molecule has 2 aliphatic rings. The smallest absolute Gasteiger partial charge is 0.166 e. The Bertz CT molecular complexity index is 1830. The fourth-order valence-corrected chi connectivity index (χ4v) is 6.45. The topological polar surface area (TPSA) is 104 Å². The third-order valence-electron chi connectivity index (χ3n) is 8.39. The van der Waals surface area contributed by atoms with Crippen LogP contribution in [0.15, 0.2) is 66.9 Å². The summed E-state index contributed by atoms with van der Waals surface area (Å²) in [6.07, 6.45) is 9.10. The lowest BCUT2D eigenvalue weighted by Crippen LogP contribution is -2.52. The molecule has 238 valence electrons. The molecule has 4 N–H and O–H groups in total. The summed E-state index contributed by atoms with van der Waals surface area (Å²) in [6, 6.07) is 12.6. The first-order valence-electron chi connectivity index (χ1n) is 14.9. The molecule has 2 aromatic carbocycles. The van der Waals surface area contributed by atoms with Gasteiger partial charge >= 0.3 is 0 Å². The highest BCUT2D eigenvalue weighted by molar-refractivity contribution is 6.42. The van der Waals surface area contributed by atoms with E-state index in [0.717, 1.165) is 37.2 Å². The highest BCUT2D eigenvalue weighted by Gasteiger charge is 2.32. The number of hydrazine groups is 2. The second-order valence-electron chi connectivity index (χ2n) is 12.3. The minimum Gasteiger partial charge on any atom is -0.373 e. The van der Waals surface area contributed by atoms with Crippen LogP contribution in [-0.4, -0.2) is 44.5 Å². The molecular formula is C33H33Cl3FN9. The van der Waals surface area contributed by atoms with E-state index >= 15 is 4.39 Å². The Morgan fingerprint density at radius 2 is 1.87 bits per heavy atom. The lowest BCUT2D eigenvalue weighted by atomic mass is 9.98. The zero-order valence-corrected chi connectivity index (χ0v) is 27.8. The molecule has 0 saturated carbocycles. The molecule has 2 aliphatic heterocycles.